The molecule has 5 heteroatoms. The molecule has 0 amide bonds. The van der Waals surface area contributed by atoms with Crippen molar-refractivity contribution in [1.29, 1.82) is 0 Å². The van der Waals surface area contributed by atoms with E-state index in [1.54, 1.807) is 0 Å². The fourth-order valence-electron chi connectivity index (χ4n) is 2.22. The lowest BCUT2D eigenvalue weighted by Gasteiger charge is -2.41. The van der Waals surface area contributed by atoms with Crippen LogP contribution in [0.1, 0.15) is 33.6 Å². The van der Waals surface area contributed by atoms with Crippen LogP contribution in [0.15, 0.2) is 5.16 Å². The molecule has 5 nitrogen and oxygen atoms in total. The largest absolute Gasteiger partial charge is 0.409 e. The summed E-state index contributed by atoms with van der Waals surface area (Å²) in [7, 11) is 0. The number of amidine groups is 1. The van der Waals surface area contributed by atoms with Gasteiger partial charge in [-0.1, -0.05) is 12.1 Å². The molecule has 3 unspecified atom stereocenters. The van der Waals surface area contributed by atoms with Crippen molar-refractivity contribution in [2.24, 2.45) is 10.9 Å². The fraction of sp³-hybridized carbons (Fsp3) is 0.909. The van der Waals surface area contributed by atoms with Crippen molar-refractivity contribution in [2.75, 3.05) is 13.2 Å². The van der Waals surface area contributed by atoms with Crippen LogP contribution in [0, 0.1) is 0 Å². The normalized spacial score (nSPS) is 30.3. The number of hydrogen-bond acceptors (Lipinski definition) is 4. The van der Waals surface area contributed by atoms with Crippen molar-refractivity contribution < 1.29 is 9.94 Å². The molecule has 1 fully saturated rings. The van der Waals surface area contributed by atoms with Gasteiger partial charge < -0.3 is 15.7 Å². The highest BCUT2D eigenvalue weighted by Crippen LogP contribution is 2.18. The molecule has 0 aromatic heterocycles. The van der Waals surface area contributed by atoms with Crippen LogP contribution >= 0.6 is 0 Å². The fourth-order valence-corrected chi connectivity index (χ4v) is 2.22. The Morgan fingerprint density at radius 3 is 2.94 bits per heavy atom. The van der Waals surface area contributed by atoms with Gasteiger partial charge >= 0.3 is 0 Å². The monoisotopic (exact) mass is 229 g/mol. The Bertz CT molecular complexity index is 245. The predicted octanol–water partition coefficient (Wildman–Crippen LogP) is 1.01. The molecule has 3 N–H and O–H groups in total. The second-order valence-electron chi connectivity index (χ2n) is 4.55. The zero-order valence-electron chi connectivity index (χ0n) is 10.4. The van der Waals surface area contributed by atoms with E-state index < -0.39 is 0 Å². The first kappa shape index (κ1) is 13.3. The van der Waals surface area contributed by atoms with Gasteiger partial charge in [-0.15, -0.1) is 0 Å². The Hall–Kier alpha value is -0.810. The van der Waals surface area contributed by atoms with Gasteiger partial charge in [0.25, 0.3) is 0 Å². The molecule has 1 aliphatic heterocycles. The molecule has 1 heterocycles. The maximum absolute atomic E-state index is 8.58. The van der Waals surface area contributed by atoms with E-state index >= 15 is 0 Å². The molecule has 0 aliphatic carbocycles. The third-order valence-electron chi connectivity index (χ3n) is 3.18. The van der Waals surface area contributed by atoms with E-state index in [2.05, 4.69) is 30.8 Å². The summed E-state index contributed by atoms with van der Waals surface area (Å²) in [4.78, 5) is 2.40. The Morgan fingerprint density at radius 2 is 2.38 bits per heavy atom. The summed E-state index contributed by atoms with van der Waals surface area (Å²) in [6.07, 6.45) is 1.92. The molecular formula is C11H23N3O2. The van der Waals surface area contributed by atoms with E-state index in [1.807, 2.05) is 0 Å². The van der Waals surface area contributed by atoms with Crippen molar-refractivity contribution in [1.82, 2.24) is 4.90 Å². The molecule has 0 spiro atoms. The smallest absolute Gasteiger partial charge is 0.140 e. The number of ether oxygens (including phenoxy) is 1. The summed E-state index contributed by atoms with van der Waals surface area (Å²) >= 11 is 0. The predicted molar refractivity (Wildman–Crippen MR) is 63.7 cm³/mol. The maximum atomic E-state index is 8.58. The van der Waals surface area contributed by atoms with Crippen molar-refractivity contribution in [2.45, 2.75) is 51.8 Å². The van der Waals surface area contributed by atoms with Gasteiger partial charge in [0.05, 0.1) is 12.7 Å². The topological polar surface area (TPSA) is 71.1 Å². The molecule has 1 aliphatic rings. The van der Waals surface area contributed by atoms with Crippen LogP contribution in [0.3, 0.4) is 0 Å². The van der Waals surface area contributed by atoms with Crippen LogP contribution in [-0.2, 0) is 4.74 Å². The van der Waals surface area contributed by atoms with Gasteiger partial charge in [-0.2, -0.15) is 0 Å². The average Bonchev–Trinajstić information content (AvgIpc) is 2.28. The van der Waals surface area contributed by atoms with Crippen molar-refractivity contribution in [3.8, 4) is 0 Å². The highest BCUT2D eigenvalue weighted by Gasteiger charge is 2.29. The minimum Gasteiger partial charge on any atom is -0.409 e. The van der Waals surface area contributed by atoms with Crippen molar-refractivity contribution in [3.05, 3.63) is 0 Å². The molecule has 16 heavy (non-hydrogen) atoms. The summed E-state index contributed by atoms with van der Waals surface area (Å²) in [5.41, 5.74) is 5.54. The molecule has 0 radical (unpaired) electrons. The first-order chi connectivity index (χ1) is 7.58. The van der Waals surface area contributed by atoms with Crippen LogP contribution in [0.2, 0.25) is 0 Å². The van der Waals surface area contributed by atoms with E-state index in [0.717, 1.165) is 19.6 Å². The molecule has 1 rings (SSSR count). The first-order valence-corrected chi connectivity index (χ1v) is 5.92. The number of nitrogens with two attached hydrogens (primary N) is 1. The lowest BCUT2D eigenvalue weighted by Crippen LogP contribution is -2.53. The summed E-state index contributed by atoms with van der Waals surface area (Å²) in [5.74, 6) is 0.293. The summed E-state index contributed by atoms with van der Waals surface area (Å²) in [6, 6.07) is 0.727. The van der Waals surface area contributed by atoms with Crippen molar-refractivity contribution in [3.63, 3.8) is 0 Å². The second kappa shape index (κ2) is 6.06. The number of hydrogen-bond donors (Lipinski definition) is 2. The minimum absolute atomic E-state index is 0.262. The Morgan fingerprint density at radius 1 is 1.69 bits per heavy atom. The quantitative estimate of drug-likeness (QED) is 0.327. The Balaban J connectivity index is 2.59. The molecular weight excluding hydrogens is 206 g/mol. The lowest BCUT2D eigenvalue weighted by atomic mass is 10.1. The molecule has 94 valence electrons. The third kappa shape index (κ3) is 3.35. The zero-order chi connectivity index (χ0) is 12.1. The molecule has 0 aromatic rings. The van der Waals surface area contributed by atoms with Gasteiger partial charge in [-0.25, -0.2) is 0 Å². The first-order valence-electron chi connectivity index (χ1n) is 5.92. The van der Waals surface area contributed by atoms with Crippen LogP contribution < -0.4 is 5.73 Å². The number of nitrogens with zero attached hydrogens (tertiary/aromatic N) is 2. The number of oxime groups is 1. The SMILES string of the molecule is CCC1COC(C)CN1C(C)CC(N)=NO. The highest BCUT2D eigenvalue weighted by atomic mass is 16.5. The van der Waals surface area contributed by atoms with E-state index in [1.165, 1.54) is 0 Å². The van der Waals surface area contributed by atoms with Crippen LogP contribution in [0.5, 0.6) is 0 Å². The van der Waals surface area contributed by atoms with Crippen LogP contribution in [0.4, 0.5) is 0 Å². The van der Waals surface area contributed by atoms with Gasteiger partial charge in [0, 0.05) is 25.0 Å². The van der Waals surface area contributed by atoms with E-state index in [4.69, 9.17) is 15.7 Å². The highest BCUT2D eigenvalue weighted by molar-refractivity contribution is 5.80. The minimum atomic E-state index is 0.262. The van der Waals surface area contributed by atoms with Crippen molar-refractivity contribution >= 4 is 5.84 Å². The average molecular weight is 229 g/mol. The molecule has 1 saturated heterocycles. The lowest BCUT2D eigenvalue weighted by molar-refractivity contribution is -0.0689. The second-order valence-corrected chi connectivity index (χ2v) is 4.55. The van der Waals surface area contributed by atoms with E-state index in [0.29, 0.717) is 18.3 Å². The molecule has 0 aromatic carbocycles. The molecule has 0 bridgehead atoms. The third-order valence-corrected chi connectivity index (χ3v) is 3.18. The van der Waals surface area contributed by atoms with E-state index in [-0.39, 0.29) is 12.1 Å². The van der Waals surface area contributed by atoms with Crippen LogP contribution in [-0.4, -0.2) is 47.3 Å². The standard InChI is InChI=1S/C11H23N3O2/c1-4-10-7-16-9(3)6-14(10)8(2)5-11(12)13-15/h8-10,15H,4-7H2,1-3H3,(H2,12,13). The van der Waals surface area contributed by atoms with Gasteiger partial charge in [0.15, 0.2) is 0 Å². The Kier molecular flexibility index (Phi) is 5.02. The van der Waals surface area contributed by atoms with Gasteiger partial charge in [0.2, 0.25) is 0 Å². The van der Waals surface area contributed by atoms with Gasteiger partial charge in [-0.3, -0.25) is 4.90 Å². The molecule has 3 atom stereocenters. The van der Waals surface area contributed by atoms with Crippen LogP contribution in [0.25, 0.3) is 0 Å². The summed E-state index contributed by atoms with van der Waals surface area (Å²) in [5, 5.41) is 11.6. The van der Waals surface area contributed by atoms with Gasteiger partial charge in [0.1, 0.15) is 5.84 Å². The number of rotatable bonds is 4. The zero-order valence-corrected chi connectivity index (χ0v) is 10.4. The van der Waals surface area contributed by atoms with E-state index in [9.17, 15) is 0 Å². The van der Waals surface area contributed by atoms with Gasteiger partial charge in [-0.05, 0) is 20.3 Å². The summed E-state index contributed by atoms with van der Waals surface area (Å²) in [6.45, 7) is 8.04. The number of morpholine rings is 1. The maximum Gasteiger partial charge on any atom is 0.140 e. The molecule has 0 saturated carbocycles. The summed E-state index contributed by atoms with van der Waals surface area (Å²) < 4.78 is 5.64. The Labute approximate surface area is 97.2 Å².